The Morgan fingerprint density at radius 1 is 1.07 bits per heavy atom. The van der Waals surface area contributed by atoms with Gasteiger partial charge in [-0.25, -0.2) is 13.8 Å². The maximum atomic E-state index is 13.6. The fourth-order valence-electron chi connectivity index (χ4n) is 3.05. The first-order valence-electron chi connectivity index (χ1n) is 8.05. The van der Waals surface area contributed by atoms with Gasteiger partial charge >= 0.3 is 0 Å². The molecule has 0 saturated carbocycles. The third kappa shape index (κ3) is 3.31. The molecule has 0 spiro atoms. The third-order valence-electron chi connectivity index (χ3n) is 4.36. The molecule has 0 atom stereocenters. The minimum Gasteiger partial charge on any atom is -0.508 e. The number of benzene rings is 2. The minimum atomic E-state index is -0.872. The number of nitrogens with two attached hydrogens (primary N) is 2. The predicted octanol–water partition coefficient (Wildman–Crippen LogP) is 3.70. The zero-order valence-electron chi connectivity index (χ0n) is 14.7. The van der Waals surface area contributed by atoms with Crippen molar-refractivity contribution in [3.05, 3.63) is 64.9 Å². The molecule has 3 aromatic rings. The van der Waals surface area contributed by atoms with E-state index >= 15 is 0 Å². The van der Waals surface area contributed by atoms with Crippen LogP contribution in [-0.4, -0.2) is 16.0 Å². The van der Waals surface area contributed by atoms with Gasteiger partial charge in [-0.2, -0.15) is 0 Å². The number of pyridine rings is 1. The van der Waals surface area contributed by atoms with E-state index in [0.29, 0.717) is 16.7 Å². The summed E-state index contributed by atoms with van der Waals surface area (Å²) in [4.78, 5) is 15.9. The predicted molar refractivity (Wildman–Crippen MR) is 99.1 cm³/mol. The number of carbonyl (C=O) groups is 1. The third-order valence-corrected chi connectivity index (χ3v) is 4.36. The van der Waals surface area contributed by atoms with Crippen LogP contribution < -0.4 is 11.5 Å². The molecule has 0 aliphatic carbocycles. The Hall–Kier alpha value is -3.48. The van der Waals surface area contributed by atoms with Gasteiger partial charge in [-0.15, -0.1) is 0 Å². The van der Waals surface area contributed by atoms with E-state index in [2.05, 4.69) is 4.98 Å². The highest BCUT2D eigenvalue weighted by atomic mass is 19.1. The molecule has 0 saturated heterocycles. The van der Waals surface area contributed by atoms with E-state index in [9.17, 15) is 18.7 Å². The molecular weight excluding hydrogens is 352 g/mol. The van der Waals surface area contributed by atoms with Crippen LogP contribution in [0.1, 0.15) is 21.6 Å². The average Bonchev–Trinajstić information content (AvgIpc) is 2.58. The molecule has 5 N–H and O–H groups in total. The molecule has 5 nitrogen and oxygen atoms in total. The van der Waals surface area contributed by atoms with Gasteiger partial charge in [0.15, 0.2) is 5.69 Å². The highest BCUT2D eigenvalue weighted by molar-refractivity contribution is 6.01. The van der Waals surface area contributed by atoms with E-state index in [-0.39, 0.29) is 28.4 Å². The Balaban J connectivity index is 2.37. The van der Waals surface area contributed by atoms with E-state index in [0.717, 1.165) is 23.8 Å². The Labute approximate surface area is 154 Å². The lowest BCUT2D eigenvalue weighted by Crippen LogP contribution is -2.17. The van der Waals surface area contributed by atoms with Crippen LogP contribution in [0.25, 0.3) is 22.4 Å². The average molecular weight is 369 g/mol. The van der Waals surface area contributed by atoms with Crippen LogP contribution in [0.15, 0.2) is 36.4 Å². The number of aromatic nitrogens is 1. The topological polar surface area (TPSA) is 102 Å². The van der Waals surface area contributed by atoms with E-state index in [1.165, 1.54) is 6.07 Å². The van der Waals surface area contributed by atoms with E-state index in [1.54, 1.807) is 19.1 Å². The van der Waals surface area contributed by atoms with Crippen molar-refractivity contribution in [2.75, 3.05) is 5.73 Å². The largest absolute Gasteiger partial charge is 0.508 e. The number of nitrogens with zero attached hydrogens (tertiary/aromatic N) is 1. The van der Waals surface area contributed by atoms with Gasteiger partial charge in [-0.3, -0.25) is 4.79 Å². The number of anilines is 1. The molecule has 0 aliphatic heterocycles. The standard InChI is InChI=1S/C20H17F2N3O2/c1-9-3-4-16(26)10(2)17(9)14-8-15(25-19(18(14)23)20(24)27)11-5-12(21)7-13(22)6-11/h3-8,26H,23H2,1-2H3,(H2,24,27). The van der Waals surface area contributed by atoms with Gasteiger partial charge in [0, 0.05) is 17.2 Å². The van der Waals surface area contributed by atoms with Crippen LogP contribution in [0.3, 0.4) is 0 Å². The number of carbonyl (C=O) groups excluding carboxylic acids is 1. The molecule has 0 radical (unpaired) electrons. The van der Waals surface area contributed by atoms with Gasteiger partial charge in [0.05, 0.1) is 11.4 Å². The Kier molecular flexibility index (Phi) is 4.53. The van der Waals surface area contributed by atoms with Crippen LogP contribution in [0, 0.1) is 25.5 Å². The quantitative estimate of drug-likeness (QED) is 0.655. The summed E-state index contributed by atoms with van der Waals surface area (Å²) in [5.74, 6) is -2.39. The number of aromatic hydroxyl groups is 1. The molecule has 3 rings (SSSR count). The summed E-state index contributed by atoms with van der Waals surface area (Å²) in [6.07, 6.45) is 0. The second-order valence-corrected chi connectivity index (χ2v) is 6.24. The first-order valence-corrected chi connectivity index (χ1v) is 8.05. The van der Waals surface area contributed by atoms with Crippen LogP contribution in [0.4, 0.5) is 14.5 Å². The van der Waals surface area contributed by atoms with Crippen molar-refractivity contribution < 1.29 is 18.7 Å². The van der Waals surface area contributed by atoms with Crippen molar-refractivity contribution in [2.24, 2.45) is 5.73 Å². The fraction of sp³-hybridized carbons (Fsp3) is 0.100. The molecule has 1 amide bonds. The summed E-state index contributed by atoms with van der Waals surface area (Å²) in [6.45, 7) is 3.51. The van der Waals surface area contributed by atoms with Crippen molar-refractivity contribution in [1.82, 2.24) is 4.98 Å². The number of phenolic OH excluding ortho intramolecular Hbond substituents is 1. The number of aryl methyl sites for hydroxylation is 1. The maximum Gasteiger partial charge on any atom is 0.269 e. The van der Waals surface area contributed by atoms with Crippen LogP contribution >= 0.6 is 0 Å². The first kappa shape index (κ1) is 18.3. The molecule has 0 aliphatic rings. The molecule has 0 bridgehead atoms. The van der Waals surface area contributed by atoms with Crippen molar-refractivity contribution in [3.8, 4) is 28.1 Å². The summed E-state index contributed by atoms with van der Waals surface area (Å²) < 4.78 is 27.3. The molecule has 27 heavy (non-hydrogen) atoms. The van der Waals surface area contributed by atoms with Crippen LogP contribution in [0.5, 0.6) is 5.75 Å². The number of rotatable bonds is 3. The SMILES string of the molecule is Cc1ccc(O)c(C)c1-c1cc(-c2cc(F)cc(F)c2)nc(C(N)=O)c1N. The van der Waals surface area contributed by atoms with Crippen molar-refractivity contribution >= 4 is 11.6 Å². The van der Waals surface area contributed by atoms with Gasteiger partial charge < -0.3 is 16.6 Å². The summed E-state index contributed by atoms with van der Waals surface area (Å²) in [5.41, 5.74) is 13.9. The number of amides is 1. The van der Waals surface area contributed by atoms with Gasteiger partial charge in [0.1, 0.15) is 17.4 Å². The lowest BCUT2D eigenvalue weighted by Gasteiger charge is -2.17. The summed E-state index contributed by atoms with van der Waals surface area (Å²) in [7, 11) is 0. The Bertz CT molecular complexity index is 1060. The zero-order valence-corrected chi connectivity index (χ0v) is 14.7. The summed E-state index contributed by atoms with van der Waals surface area (Å²) >= 11 is 0. The van der Waals surface area contributed by atoms with Gasteiger partial charge in [0.2, 0.25) is 0 Å². The smallest absolute Gasteiger partial charge is 0.269 e. The Morgan fingerprint density at radius 2 is 1.70 bits per heavy atom. The van der Waals surface area contributed by atoms with Gasteiger partial charge in [0.25, 0.3) is 5.91 Å². The number of hydrogen-bond acceptors (Lipinski definition) is 4. The molecule has 2 aromatic carbocycles. The van der Waals surface area contributed by atoms with Crippen molar-refractivity contribution in [2.45, 2.75) is 13.8 Å². The Morgan fingerprint density at radius 3 is 2.30 bits per heavy atom. The number of nitrogen functional groups attached to an aromatic ring is 1. The van der Waals surface area contributed by atoms with Crippen molar-refractivity contribution in [3.63, 3.8) is 0 Å². The second-order valence-electron chi connectivity index (χ2n) is 6.24. The van der Waals surface area contributed by atoms with E-state index in [1.807, 2.05) is 6.92 Å². The highest BCUT2D eigenvalue weighted by Crippen LogP contribution is 2.38. The number of primary amides is 1. The lowest BCUT2D eigenvalue weighted by atomic mass is 9.92. The molecule has 7 heteroatoms. The second kappa shape index (κ2) is 6.68. The number of phenols is 1. The molecule has 138 valence electrons. The molecule has 1 heterocycles. The number of halogens is 2. The normalized spacial score (nSPS) is 10.8. The maximum absolute atomic E-state index is 13.6. The fourth-order valence-corrected chi connectivity index (χ4v) is 3.05. The summed E-state index contributed by atoms with van der Waals surface area (Å²) in [6, 6.07) is 7.69. The molecule has 1 aromatic heterocycles. The molecule has 0 unspecified atom stereocenters. The van der Waals surface area contributed by atoms with Crippen molar-refractivity contribution in [1.29, 1.82) is 0 Å². The van der Waals surface area contributed by atoms with E-state index < -0.39 is 17.5 Å². The monoisotopic (exact) mass is 369 g/mol. The lowest BCUT2D eigenvalue weighted by molar-refractivity contribution is 0.0996. The van der Waals surface area contributed by atoms with Gasteiger partial charge in [-0.05, 0) is 54.8 Å². The first-order chi connectivity index (χ1) is 12.7. The van der Waals surface area contributed by atoms with E-state index in [4.69, 9.17) is 11.5 Å². The molecule has 0 fully saturated rings. The van der Waals surface area contributed by atoms with Crippen LogP contribution in [0.2, 0.25) is 0 Å². The van der Waals surface area contributed by atoms with Gasteiger partial charge in [-0.1, -0.05) is 6.07 Å². The minimum absolute atomic E-state index is 0.0277. The highest BCUT2D eigenvalue weighted by Gasteiger charge is 2.20. The molecular formula is C20H17F2N3O2. The zero-order chi connectivity index (χ0) is 19.9. The van der Waals surface area contributed by atoms with Crippen LogP contribution in [-0.2, 0) is 0 Å². The number of hydrogen-bond donors (Lipinski definition) is 3. The summed E-state index contributed by atoms with van der Waals surface area (Å²) in [5, 5.41) is 10.1.